The second kappa shape index (κ2) is 7.27. The smallest absolute Gasteiger partial charge is 0.282 e. The van der Waals surface area contributed by atoms with Gasteiger partial charge >= 0.3 is 0 Å². The van der Waals surface area contributed by atoms with Crippen LogP contribution in [0.25, 0.3) is 0 Å². The van der Waals surface area contributed by atoms with Gasteiger partial charge in [0.1, 0.15) is 0 Å². The second-order valence-electron chi connectivity index (χ2n) is 6.18. The molecule has 2 fully saturated rings. The van der Waals surface area contributed by atoms with Crippen LogP contribution >= 0.6 is 0 Å². The lowest BCUT2D eigenvalue weighted by Crippen LogP contribution is -2.54. The topological polar surface area (TPSA) is 53.1 Å². The number of rotatable bonds is 4. The van der Waals surface area contributed by atoms with E-state index in [-0.39, 0.29) is 0 Å². The number of hydrogen-bond acceptors (Lipinski definition) is 4. The standard InChI is InChI=1S/C16H25N3O3S/c1-15-2-4-16(5-3-15)14-17-6-8-18(9-7-17)23(20,21)19-10-12-22-13-11-19/h2-5H,6-14H2,1H3. The summed E-state index contributed by atoms with van der Waals surface area (Å²) in [4.78, 5) is 2.32. The molecule has 0 radical (unpaired) electrons. The zero-order valence-corrected chi connectivity index (χ0v) is 14.5. The van der Waals surface area contributed by atoms with Crippen molar-refractivity contribution in [1.82, 2.24) is 13.5 Å². The summed E-state index contributed by atoms with van der Waals surface area (Å²) >= 11 is 0. The van der Waals surface area contributed by atoms with Crippen molar-refractivity contribution < 1.29 is 13.2 Å². The Kier molecular flexibility index (Phi) is 5.33. The van der Waals surface area contributed by atoms with Crippen molar-refractivity contribution in [3.8, 4) is 0 Å². The normalized spacial score (nSPS) is 22.3. The molecule has 1 aromatic rings. The first kappa shape index (κ1) is 16.9. The van der Waals surface area contributed by atoms with Gasteiger partial charge in [-0.05, 0) is 12.5 Å². The fourth-order valence-corrected chi connectivity index (χ4v) is 4.57. The fourth-order valence-electron chi connectivity index (χ4n) is 3.01. The number of benzene rings is 1. The van der Waals surface area contributed by atoms with Crippen LogP contribution in [0, 0.1) is 6.92 Å². The van der Waals surface area contributed by atoms with Crippen molar-refractivity contribution >= 4 is 10.2 Å². The third-order valence-corrected chi connectivity index (χ3v) is 6.52. The Balaban J connectivity index is 1.54. The maximum atomic E-state index is 12.6. The lowest BCUT2D eigenvalue weighted by molar-refractivity contribution is 0.0684. The lowest BCUT2D eigenvalue weighted by atomic mass is 10.1. The molecule has 23 heavy (non-hydrogen) atoms. The van der Waals surface area contributed by atoms with E-state index in [4.69, 9.17) is 4.74 Å². The molecule has 0 saturated carbocycles. The highest BCUT2D eigenvalue weighted by Gasteiger charge is 2.33. The molecule has 0 atom stereocenters. The van der Waals surface area contributed by atoms with Crippen LogP contribution in [-0.2, 0) is 21.5 Å². The highest BCUT2D eigenvalue weighted by molar-refractivity contribution is 7.86. The van der Waals surface area contributed by atoms with Crippen molar-refractivity contribution in [1.29, 1.82) is 0 Å². The number of morpholine rings is 1. The number of aryl methyl sites for hydroxylation is 1. The summed E-state index contributed by atoms with van der Waals surface area (Å²) in [7, 11) is -3.33. The van der Waals surface area contributed by atoms with Gasteiger partial charge in [0, 0.05) is 45.8 Å². The molecule has 128 valence electrons. The number of hydrogen-bond donors (Lipinski definition) is 0. The molecule has 2 heterocycles. The molecule has 2 aliphatic rings. The Labute approximate surface area is 138 Å². The van der Waals surface area contributed by atoms with Crippen LogP contribution in [0.2, 0.25) is 0 Å². The zero-order chi connectivity index (χ0) is 16.3. The summed E-state index contributed by atoms with van der Waals surface area (Å²) in [5.41, 5.74) is 2.54. The van der Waals surface area contributed by atoms with Crippen molar-refractivity contribution in [3.63, 3.8) is 0 Å². The molecule has 6 nitrogen and oxygen atoms in total. The second-order valence-corrected chi connectivity index (χ2v) is 8.11. The third kappa shape index (κ3) is 4.10. The van der Waals surface area contributed by atoms with Gasteiger partial charge in [-0.15, -0.1) is 0 Å². The van der Waals surface area contributed by atoms with Crippen molar-refractivity contribution in [3.05, 3.63) is 35.4 Å². The average Bonchev–Trinajstić information content (AvgIpc) is 2.58. The van der Waals surface area contributed by atoms with Gasteiger partial charge in [0.15, 0.2) is 0 Å². The van der Waals surface area contributed by atoms with Crippen LogP contribution in [0.4, 0.5) is 0 Å². The fraction of sp³-hybridized carbons (Fsp3) is 0.625. The molecule has 0 amide bonds. The quantitative estimate of drug-likeness (QED) is 0.810. The van der Waals surface area contributed by atoms with E-state index in [1.54, 1.807) is 8.61 Å². The summed E-state index contributed by atoms with van der Waals surface area (Å²) < 4.78 is 33.6. The maximum Gasteiger partial charge on any atom is 0.282 e. The van der Waals surface area contributed by atoms with Crippen LogP contribution in [0.15, 0.2) is 24.3 Å². The molecule has 0 aliphatic carbocycles. The summed E-state index contributed by atoms with van der Waals surface area (Å²) in [5.74, 6) is 0. The van der Waals surface area contributed by atoms with E-state index in [2.05, 4.69) is 36.1 Å². The van der Waals surface area contributed by atoms with Crippen LogP contribution in [-0.4, -0.2) is 74.4 Å². The van der Waals surface area contributed by atoms with Gasteiger partial charge in [-0.2, -0.15) is 17.0 Å². The molecule has 0 N–H and O–H groups in total. The van der Waals surface area contributed by atoms with E-state index in [0.29, 0.717) is 39.4 Å². The zero-order valence-electron chi connectivity index (χ0n) is 13.6. The minimum atomic E-state index is -3.33. The predicted octanol–water partition coefficient (Wildman–Crippen LogP) is 0.690. The van der Waals surface area contributed by atoms with Crippen LogP contribution in [0.3, 0.4) is 0 Å². The van der Waals surface area contributed by atoms with Gasteiger partial charge in [0.2, 0.25) is 0 Å². The Morgan fingerprint density at radius 2 is 1.48 bits per heavy atom. The highest BCUT2D eigenvalue weighted by atomic mass is 32.2. The van der Waals surface area contributed by atoms with E-state index in [0.717, 1.165) is 19.6 Å². The average molecular weight is 339 g/mol. The summed E-state index contributed by atoms with van der Waals surface area (Å²) in [6, 6.07) is 8.53. The molecule has 0 unspecified atom stereocenters. The number of nitrogens with zero attached hydrogens (tertiary/aromatic N) is 3. The molecule has 2 aliphatic heterocycles. The third-order valence-electron chi connectivity index (χ3n) is 4.48. The van der Waals surface area contributed by atoms with Gasteiger partial charge < -0.3 is 4.74 Å². The molecule has 2 saturated heterocycles. The number of piperazine rings is 1. The Bertz CT molecular complexity index is 604. The molecule has 1 aromatic carbocycles. The lowest BCUT2D eigenvalue weighted by Gasteiger charge is -2.37. The molecular formula is C16H25N3O3S. The van der Waals surface area contributed by atoms with E-state index < -0.39 is 10.2 Å². The molecule has 3 rings (SSSR count). The van der Waals surface area contributed by atoms with Gasteiger partial charge in [-0.1, -0.05) is 29.8 Å². The molecule has 0 bridgehead atoms. The van der Waals surface area contributed by atoms with Crippen LogP contribution < -0.4 is 0 Å². The maximum absolute atomic E-state index is 12.6. The Morgan fingerprint density at radius 1 is 0.913 bits per heavy atom. The van der Waals surface area contributed by atoms with Crippen LogP contribution in [0.5, 0.6) is 0 Å². The minimum Gasteiger partial charge on any atom is -0.379 e. The van der Waals surface area contributed by atoms with E-state index in [9.17, 15) is 8.42 Å². The predicted molar refractivity (Wildman–Crippen MR) is 89.3 cm³/mol. The summed E-state index contributed by atoms with van der Waals surface area (Å²) in [6.07, 6.45) is 0. The first-order valence-corrected chi connectivity index (χ1v) is 9.56. The first-order chi connectivity index (χ1) is 11.1. The number of ether oxygens (including phenoxy) is 1. The van der Waals surface area contributed by atoms with E-state index in [1.807, 2.05) is 0 Å². The van der Waals surface area contributed by atoms with Gasteiger partial charge in [-0.25, -0.2) is 0 Å². The summed E-state index contributed by atoms with van der Waals surface area (Å²) in [5, 5.41) is 0. The molecule has 7 heteroatoms. The van der Waals surface area contributed by atoms with Crippen LogP contribution in [0.1, 0.15) is 11.1 Å². The van der Waals surface area contributed by atoms with Crippen molar-refractivity contribution in [2.75, 3.05) is 52.5 Å². The van der Waals surface area contributed by atoms with Gasteiger partial charge in [0.05, 0.1) is 13.2 Å². The van der Waals surface area contributed by atoms with Gasteiger partial charge in [-0.3, -0.25) is 4.90 Å². The first-order valence-electron chi connectivity index (χ1n) is 8.16. The monoisotopic (exact) mass is 339 g/mol. The van der Waals surface area contributed by atoms with Gasteiger partial charge in [0.25, 0.3) is 10.2 Å². The molecule has 0 spiro atoms. The Morgan fingerprint density at radius 3 is 2.09 bits per heavy atom. The Hall–Kier alpha value is -0.990. The molecule has 0 aromatic heterocycles. The highest BCUT2D eigenvalue weighted by Crippen LogP contribution is 2.15. The minimum absolute atomic E-state index is 0.464. The van der Waals surface area contributed by atoms with Crippen molar-refractivity contribution in [2.45, 2.75) is 13.5 Å². The van der Waals surface area contributed by atoms with E-state index >= 15 is 0 Å². The molecular weight excluding hydrogens is 314 g/mol. The van der Waals surface area contributed by atoms with Crippen molar-refractivity contribution in [2.24, 2.45) is 0 Å². The summed E-state index contributed by atoms with van der Waals surface area (Å²) in [6.45, 7) is 7.55. The SMILES string of the molecule is Cc1ccc(CN2CCN(S(=O)(=O)N3CCOCC3)CC2)cc1. The van der Waals surface area contributed by atoms with E-state index in [1.165, 1.54) is 11.1 Å². The largest absolute Gasteiger partial charge is 0.379 e.